The van der Waals surface area contributed by atoms with Crippen LogP contribution in [0.4, 0.5) is 11.4 Å². The van der Waals surface area contributed by atoms with Gasteiger partial charge in [-0.3, -0.25) is 4.79 Å². The molecule has 1 aromatic rings. The summed E-state index contributed by atoms with van der Waals surface area (Å²) in [7, 11) is 0. The first-order chi connectivity index (χ1) is 9.23. The molecule has 0 spiro atoms. The van der Waals surface area contributed by atoms with Crippen LogP contribution in [0.25, 0.3) is 0 Å². The fraction of sp³-hybridized carbons (Fsp3) is 0.562. The molecular weight excluding hydrogens is 272 g/mol. The third-order valence-electron chi connectivity index (χ3n) is 4.79. The van der Waals surface area contributed by atoms with Crippen LogP contribution < -0.4 is 10.6 Å². The third-order valence-corrected chi connectivity index (χ3v) is 4.79. The van der Waals surface area contributed by atoms with Crippen molar-refractivity contribution < 1.29 is 4.79 Å². The maximum absolute atomic E-state index is 12.5. The van der Waals surface area contributed by atoms with E-state index in [1.165, 1.54) is 24.1 Å². The van der Waals surface area contributed by atoms with Crippen molar-refractivity contribution in [3.05, 3.63) is 23.8 Å². The van der Waals surface area contributed by atoms with Gasteiger partial charge in [0.2, 0.25) is 5.91 Å². The van der Waals surface area contributed by atoms with Crippen molar-refractivity contribution in [2.24, 2.45) is 5.41 Å². The van der Waals surface area contributed by atoms with Crippen LogP contribution in [0, 0.1) is 5.41 Å². The van der Waals surface area contributed by atoms with Gasteiger partial charge < -0.3 is 10.6 Å². The first kappa shape index (κ1) is 15.2. The van der Waals surface area contributed by atoms with E-state index in [2.05, 4.69) is 29.7 Å². The predicted octanol–water partition coefficient (Wildman–Crippen LogP) is 3.99. The second kappa shape index (κ2) is 6.04. The van der Waals surface area contributed by atoms with E-state index in [9.17, 15) is 4.79 Å². The van der Waals surface area contributed by atoms with Crippen molar-refractivity contribution >= 4 is 29.7 Å². The quantitative estimate of drug-likeness (QED) is 0.885. The smallest absolute Gasteiger partial charge is 0.230 e. The van der Waals surface area contributed by atoms with Gasteiger partial charge in [0.1, 0.15) is 0 Å². The van der Waals surface area contributed by atoms with Crippen molar-refractivity contribution in [3.8, 4) is 0 Å². The van der Waals surface area contributed by atoms with E-state index in [1.807, 2.05) is 6.07 Å². The molecule has 1 aliphatic heterocycles. The van der Waals surface area contributed by atoms with Gasteiger partial charge in [-0.15, -0.1) is 12.4 Å². The fourth-order valence-corrected chi connectivity index (χ4v) is 3.44. The molecule has 3 nitrogen and oxygen atoms in total. The van der Waals surface area contributed by atoms with Gasteiger partial charge in [0.25, 0.3) is 0 Å². The lowest BCUT2D eigenvalue weighted by atomic mass is 9.82. The summed E-state index contributed by atoms with van der Waals surface area (Å²) in [4.78, 5) is 12.5. The SMILES string of the molecule is CCC1(C(=O)Nc2ccc3c(c2)CCN3)CCCC1.Cl. The lowest BCUT2D eigenvalue weighted by molar-refractivity contribution is -0.125. The molecule has 3 rings (SSSR count). The molecule has 4 heteroatoms. The molecule has 2 N–H and O–H groups in total. The van der Waals surface area contributed by atoms with Crippen molar-refractivity contribution in [1.29, 1.82) is 0 Å². The van der Waals surface area contributed by atoms with Gasteiger partial charge in [0.05, 0.1) is 0 Å². The Labute approximate surface area is 126 Å². The minimum Gasteiger partial charge on any atom is -0.384 e. The summed E-state index contributed by atoms with van der Waals surface area (Å²) >= 11 is 0. The predicted molar refractivity (Wildman–Crippen MR) is 85.7 cm³/mol. The monoisotopic (exact) mass is 294 g/mol. The van der Waals surface area contributed by atoms with Crippen LogP contribution in [-0.4, -0.2) is 12.5 Å². The first-order valence-electron chi connectivity index (χ1n) is 7.42. The minimum atomic E-state index is -0.114. The van der Waals surface area contributed by atoms with Crippen molar-refractivity contribution in [3.63, 3.8) is 0 Å². The topological polar surface area (TPSA) is 41.1 Å². The van der Waals surface area contributed by atoms with E-state index < -0.39 is 0 Å². The maximum Gasteiger partial charge on any atom is 0.230 e. The number of hydrogen-bond donors (Lipinski definition) is 2. The molecule has 0 radical (unpaired) electrons. The molecule has 0 unspecified atom stereocenters. The molecule has 1 heterocycles. The first-order valence-corrected chi connectivity index (χ1v) is 7.42. The van der Waals surface area contributed by atoms with E-state index in [4.69, 9.17) is 0 Å². The molecule has 110 valence electrons. The Morgan fingerprint density at radius 1 is 1.35 bits per heavy atom. The Hall–Kier alpha value is -1.22. The number of hydrogen-bond acceptors (Lipinski definition) is 2. The van der Waals surface area contributed by atoms with Crippen molar-refractivity contribution in [1.82, 2.24) is 0 Å². The molecule has 1 amide bonds. The zero-order valence-corrected chi connectivity index (χ0v) is 12.8. The normalized spacial score (nSPS) is 18.9. The highest BCUT2D eigenvalue weighted by Gasteiger charge is 2.39. The highest BCUT2D eigenvalue weighted by Crippen LogP contribution is 2.42. The third kappa shape index (κ3) is 2.64. The van der Waals surface area contributed by atoms with Crippen LogP contribution in [0.3, 0.4) is 0 Å². The molecule has 1 fully saturated rings. The Morgan fingerprint density at radius 2 is 2.10 bits per heavy atom. The van der Waals surface area contributed by atoms with Crippen molar-refractivity contribution in [2.75, 3.05) is 17.2 Å². The fourth-order valence-electron chi connectivity index (χ4n) is 3.44. The van der Waals surface area contributed by atoms with Gasteiger partial charge in [0.15, 0.2) is 0 Å². The second-order valence-electron chi connectivity index (χ2n) is 5.84. The molecule has 1 aromatic carbocycles. The van der Waals surface area contributed by atoms with E-state index >= 15 is 0 Å². The molecule has 2 aliphatic rings. The largest absolute Gasteiger partial charge is 0.384 e. The summed E-state index contributed by atoms with van der Waals surface area (Å²) in [6.07, 6.45) is 6.47. The van der Waals surface area contributed by atoms with Crippen LogP contribution in [-0.2, 0) is 11.2 Å². The maximum atomic E-state index is 12.5. The van der Waals surface area contributed by atoms with Crippen LogP contribution in [0.2, 0.25) is 0 Å². The average Bonchev–Trinajstić information content (AvgIpc) is 3.07. The Bertz CT molecular complexity index is 495. The standard InChI is InChI=1S/C16H22N2O.ClH/c1-2-16(8-3-4-9-16)15(19)18-13-5-6-14-12(11-13)7-10-17-14;/h5-6,11,17H,2-4,7-10H2,1H3,(H,18,19);1H. The number of benzene rings is 1. The van der Waals surface area contributed by atoms with Crippen LogP contribution in [0.15, 0.2) is 18.2 Å². The summed E-state index contributed by atoms with van der Waals surface area (Å²) in [5.41, 5.74) is 3.36. The van der Waals surface area contributed by atoms with E-state index in [-0.39, 0.29) is 23.7 Å². The van der Waals surface area contributed by atoms with Crippen molar-refractivity contribution in [2.45, 2.75) is 45.4 Å². The molecule has 0 saturated heterocycles. The molecule has 0 atom stereocenters. The summed E-state index contributed by atoms with van der Waals surface area (Å²) in [6, 6.07) is 6.20. The summed E-state index contributed by atoms with van der Waals surface area (Å²) in [5.74, 6) is 0.221. The number of anilines is 2. The number of fused-ring (bicyclic) bond motifs is 1. The van der Waals surface area contributed by atoms with Gasteiger partial charge >= 0.3 is 0 Å². The molecule has 1 aliphatic carbocycles. The average molecular weight is 295 g/mol. The van der Waals surface area contributed by atoms with Crippen LogP contribution in [0.1, 0.15) is 44.6 Å². The molecule has 1 saturated carbocycles. The number of carbonyl (C=O) groups excluding carboxylic acids is 1. The summed E-state index contributed by atoms with van der Waals surface area (Å²) in [6.45, 7) is 3.14. The summed E-state index contributed by atoms with van der Waals surface area (Å²) < 4.78 is 0. The lowest BCUT2D eigenvalue weighted by Gasteiger charge is -2.26. The van der Waals surface area contributed by atoms with E-state index in [0.29, 0.717) is 0 Å². The number of carbonyl (C=O) groups is 1. The molecule has 0 aromatic heterocycles. The van der Waals surface area contributed by atoms with Crippen LogP contribution in [0.5, 0.6) is 0 Å². The number of amides is 1. The zero-order valence-electron chi connectivity index (χ0n) is 12.0. The van der Waals surface area contributed by atoms with Gasteiger partial charge in [-0.25, -0.2) is 0 Å². The minimum absolute atomic E-state index is 0. The summed E-state index contributed by atoms with van der Waals surface area (Å²) in [5, 5.41) is 6.48. The van der Waals surface area contributed by atoms with Crippen LogP contribution >= 0.6 is 12.4 Å². The Balaban J connectivity index is 0.00000147. The number of halogens is 1. The highest BCUT2D eigenvalue weighted by atomic mass is 35.5. The molecule has 0 bridgehead atoms. The van der Waals surface area contributed by atoms with E-state index in [1.54, 1.807) is 0 Å². The number of nitrogens with one attached hydrogen (secondary N) is 2. The van der Waals surface area contributed by atoms with Gasteiger partial charge in [-0.2, -0.15) is 0 Å². The Morgan fingerprint density at radius 3 is 2.80 bits per heavy atom. The lowest BCUT2D eigenvalue weighted by Crippen LogP contribution is -2.33. The number of rotatable bonds is 3. The molecule has 20 heavy (non-hydrogen) atoms. The zero-order chi connectivity index (χ0) is 13.3. The van der Waals surface area contributed by atoms with Gasteiger partial charge in [-0.1, -0.05) is 19.8 Å². The molecular formula is C16H23ClN2O. The van der Waals surface area contributed by atoms with E-state index in [0.717, 1.165) is 37.9 Å². The second-order valence-corrected chi connectivity index (χ2v) is 5.84. The highest BCUT2D eigenvalue weighted by molar-refractivity contribution is 5.95. The van der Waals surface area contributed by atoms with Gasteiger partial charge in [-0.05, 0) is 49.4 Å². The van der Waals surface area contributed by atoms with Gasteiger partial charge in [0, 0.05) is 23.3 Å². The Kier molecular flexibility index (Phi) is 4.59.